The van der Waals surface area contributed by atoms with Gasteiger partial charge in [-0.15, -0.1) is 11.3 Å². The number of thiophene rings is 1. The molecule has 4 nitrogen and oxygen atoms in total. The van der Waals surface area contributed by atoms with Gasteiger partial charge in [0.05, 0.1) is 6.54 Å². The van der Waals surface area contributed by atoms with E-state index in [-0.39, 0.29) is 12.1 Å². The summed E-state index contributed by atoms with van der Waals surface area (Å²) in [6.45, 7) is 4.84. The first-order valence-electron chi connectivity index (χ1n) is 7.57. The highest BCUT2D eigenvalue weighted by Gasteiger charge is 2.42. The molecular formula is C15H21N3OS. The highest BCUT2D eigenvalue weighted by molar-refractivity contribution is 7.12. The van der Waals surface area contributed by atoms with Crippen LogP contribution < -0.4 is 5.32 Å². The summed E-state index contributed by atoms with van der Waals surface area (Å²) in [5.74, 6) is 0.267. The van der Waals surface area contributed by atoms with Crippen LogP contribution in [0.5, 0.6) is 0 Å². The Bertz CT molecular complexity index is 525. The molecule has 3 aliphatic rings. The van der Waals surface area contributed by atoms with Gasteiger partial charge >= 0.3 is 0 Å². The molecule has 0 bridgehead atoms. The third-order valence-electron chi connectivity index (χ3n) is 4.69. The van der Waals surface area contributed by atoms with Crippen molar-refractivity contribution in [3.8, 4) is 0 Å². The van der Waals surface area contributed by atoms with Crippen molar-refractivity contribution in [1.29, 1.82) is 0 Å². The molecule has 2 aliphatic heterocycles. The van der Waals surface area contributed by atoms with Crippen LogP contribution in [-0.2, 0) is 4.79 Å². The van der Waals surface area contributed by atoms with Crippen molar-refractivity contribution in [2.45, 2.75) is 44.4 Å². The topological polar surface area (TPSA) is 35.6 Å². The summed E-state index contributed by atoms with van der Waals surface area (Å²) in [6.07, 6.45) is 3.94. The highest BCUT2D eigenvalue weighted by Crippen LogP contribution is 2.35. The molecule has 4 rings (SSSR count). The van der Waals surface area contributed by atoms with Crippen LogP contribution in [0.15, 0.2) is 12.1 Å². The lowest BCUT2D eigenvalue weighted by Gasteiger charge is -2.30. The number of amides is 1. The normalized spacial score (nSPS) is 31.4. The van der Waals surface area contributed by atoms with Crippen molar-refractivity contribution < 1.29 is 4.79 Å². The number of nitrogens with one attached hydrogen (secondary N) is 1. The largest absolute Gasteiger partial charge is 0.317 e. The highest BCUT2D eigenvalue weighted by atomic mass is 32.1. The maximum Gasteiger partial charge on any atom is 0.238 e. The zero-order chi connectivity index (χ0) is 13.7. The third-order valence-corrected chi connectivity index (χ3v) is 5.75. The average molecular weight is 291 g/mol. The molecule has 2 atom stereocenters. The molecular weight excluding hydrogens is 270 g/mol. The van der Waals surface area contributed by atoms with E-state index in [0.717, 1.165) is 25.6 Å². The summed E-state index contributed by atoms with van der Waals surface area (Å²) in [6, 6.07) is 5.52. The van der Waals surface area contributed by atoms with Crippen molar-refractivity contribution in [3.05, 3.63) is 21.9 Å². The van der Waals surface area contributed by atoms with Gasteiger partial charge in [-0.2, -0.15) is 0 Å². The zero-order valence-corrected chi connectivity index (χ0v) is 12.7. The van der Waals surface area contributed by atoms with Crippen LogP contribution in [0.4, 0.5) is 0 Å². The lowest BCUT2D eigenvalue weighted by atomic mass is 10.2. The van der Waals surface area contributed by atoms with Crippen molar-refractivity contribution in [1.82, 2.24) is 15.1 Å². The first-order chi connectivity index (χ1) is 9.72. The Kier molecular flexibility index (Phi) is 3.09. The Labute approximate surface area is 123 Å². The molecule has 1 N–H and O–H groups in total. The molecule has 0 aromatic carbocycles. The maximum atomic E-state index is 12.3. The van der Waals surface area contributed by atoms with Gasteiger partial charge in [0.1, 0.15) is 6.17 Å². The van der Waals surface area contributed by atoms with Crippen LogP contribution in [0.25, 0.3) is 0 Å². The molecule has 3 fully saturated rings. The van der Waals surface area contributed by atoms with Crippen LogP contribution >= 0.6 is 11.3 Å². The summed E-state index contributed by atoms with van der Waals surface area (Å²) >= 11 is 1.80. The summed E-state index contributed by atoms with van der Waals surface area (Å²) in [4.78, 5) is 19.6. The van der Waals surface area contributed by atoms with Gasteiger partial charge < -0.3 is 4.90 Å². The van der Waals surface area contributed by atoms with Crippen molar-refractivity contribution in [3.63, 3.8) is 0 Å². The minimum absolute atomic E-state index is 0.102. The fourth-order valence-electron chi connectivity index (χ4n) is 3.54. The summed E-state index contributed by atoms with van der Waals surface area (Å²) < 4.78 is 0. The first kappa shape index (κ1) is 12.8. The van der Waals surface area contributed by atoms with Crippen LogP contribution in [0.2, 0.25) is 0 Å². The van der Waals surface area contributed by atoms with E-state index in [9.17, 15) is 4.79 Å². The Morgan fingerprint density at radius 3 is 2.80 bits per heavy atom. The molecule has 3 heterocycles. The predicted molar refractivity (Wildman–Crippen MR) is 79.6 cm³/mol. The molecule has 1 aromatic heterocycles. The summed E-state index contributed by atoms with van der Waals surface area (Å²) in [7, 11) is 0. The minimum atomic E-state index is 0.102. The number of carbonyl (C=O) groups is 1. The molecule has 1 aromatic rings. The minimum Gasteiger partial charge on any atom is -0.317 e. The number of rotatable bonds is 3. The van der Waals surface area contributed by atoms with E-state index in [1.165, 1.54) is 22.6 Å². The first-order valence-corrected chi connectivity index (χ1v) is 8.39. The molecule has 108 valence electrons. The van der Waals surface area contributed by atoms with Gasteiger partial charge in [-0.1, -0.05) is 0 Å². The second kappa shape index (κ2) is 4.83. The Hall–Kier alpha value is -0.910. The van der Waals surface area contributed by atoms with E-state index in [2.05, 4.69) is 34.2 Å². The quantitative estimate of drug-likeness (QED) is 0.921. The molecule has 5 heteroatoms. The van der Waals surface area contributed by atoms with Crippen molar-refractivity contribution in [2.24, 2.45) is 0 Å². The van der Waals surface area contributed by atoms with Gasteiger partial charge in [0.2, 0.25) is 5.91 Å². The van der Waals surface area contributed by atoms with E-state index in [1.807, 2.05) is 0 Å². The van der Waals surface area contributed by atoms with Gasteiger partial charge in [-0.25, -0.2) is 0 Å². The second-order valence-corrected chi connectivity index (χ2v) is 7.52. The molecule has 0 radical (unpaired) electrons. The number of likely N-dealkylation sites (tertiary alicyclic amines) is 1. The summed E-state index contributed by atoms with van der Waals surface area (Å²) in [5.41, 5.74) is 0. The Balaban J connectivity index is 1.53. The SMILES string of the molecule is Cc1ccc(C2NCC(=O)N2C2CCN(C3CC3)C2)s1. The predicted octanol–water partition coefficient (Wildman–Crippen LogP) is 1.72. The number of aryl methyl sites for hydroxylation is 1. The van der Waals surface area contributed by atoms with E-state index in [4.69, 9.17) is 0 Å². The van der Waals surface area contributed by atoms with Crippen molar-refractivity contribution >= 4 is 17.2 Å². The molecule has 1 aliphatic carbocycles. The monoisotopic (exact) mass is 291 g/mol. The van der Waals surface area contributed by atoms with Crippen LogP contribution in [-0.4, -0.2) is 47.4 Å². The van der Waals surface area contributed by atoms with Crippen molar-refractivity contribution in [2.75, 3.05) is 19.6 Å². The Morgan fingerprint density at radius 2 is 2.10 bits per heavy atom. The van der Waals surface area contributed by atoms with Gasteiger partial charge in [0.25, 0.3) is 0 Å². The number of hydrogen-bond donors (Lipinski definition) is 1. The second-order valence-electron chi connectivity index (χ2n) is 6.20. The molecule has 20 heavy (non-hydrogen) atoms. The van der Waals surface area contributed by atoms with E-state index < -0.39 is 0 Å². The average Bonchev–Trinajstić information content (AvgIpc) is 2.84. The fraction of sp³-hybridized carbons (Fsp3) is 0.667. The Morgan fingerprint density at radius 1 is 1.25 bits per heavy atom. The van der Waals surface area contributed by atoms with Crippen LogP contribution in [0.3, 0.4) is 0 Å². The van der Waals surface area contributed by atoms with Gasteiger partial charge in [-0.3, -0.25) is 15.0 Å². The smallest absolute Gasteiger partial charge is 0.238 e. The molecule has 0 spiro atoms. The van der Waals surface area contributed by atoms with E-state index in [1.54, 1.807) is 11.3 Å². The van der Waals surface area contributed by atoms with Gasteiger partial charge in [0.15, 0.2) is 0 Å². The molecule has 2 saturated heterocycles. The molecule has 2 unspecified atom stereocenters. The molecule has 1 amide bonds. The van der Waals surface area contributed by atoms with Gasteiger partial charge in [-0.05, 0) is 38.3 Å². The number of hydrogen-bond acceptors (Lipinski definition) is 4. The maximum absolute atomic E-state index is 12.3. The number of carbonyl (C=O) groups excluding carboxylic acids is 1. The van der Waals surface area contributed by atoms with E-state index >= 15 is 0 Å². The lowest BCUT2D eigenvalue weighted by Crippen LogP contribution is -2.41. The van der Waals surface area contributed by atoms with Gasteiger partial charge in [0, 0.05) is 34.9 Å². The summed E-state index contributed by atoms with van der Waals surface area (Å²) in [5, 5.41) is 3.39. The molecule has 1 saturated carbocycles. The lowest BCUT2D eigenvalue weighted by molar-refractivity contribution is -0.130. The number of nitrogens with zero attached hydrogens (tertiary/aromatic N) is 2. The van der Waals surface area contributed by atoms with E-state index in [0.29, 0.717) is 12.6 Å². The standard InChI is InChI=1S/C15H21N3OS/c1-10-2-5-13(20-10)15-16-8-14(19)18(15)12-6-7-17(9-12)11-3-4-11/h2,5,11-12,15-16H,3-4,6-9H2,1H3. The third kappa shape index (κ3) is 2.18. The fourth-order valence-corrected chi connectivity index (χ4v) is 4.49. The zero-order valence-electron chi connectivity index (χ0n) is 11.8. The van der Waals surface area contributed by atoms with Crippen LogP contribution in [0.1, 0.15) is 35.2 Å². The van der Waals surface area contributed by atoms with Crippen LogP contribution in [0, 0.1) is 6.92 Å².